The zero-order valence-electron chi connectivity index (χ0n) is 18.3. The van der Waals surface area contributed by atoms with Crippen LogP contribution in [-0.2, 0) is 25.0 Å². The Labute approximate surface area is 190 Å². The van der Waals surface area contributed by atoms with Gasteiger partial charge in [0.25, 0.3) is 10.2 Å². The molecule has 0 unspecified atom stereocenters. The number of halogens is 1. The second-order valence-corrected chi connectivity index (χ2v) is 11.7. The fourth-order valence-corrected chi connectivity index (χ4v) is 6.44. The number of sulfonamides is 1. The summed E-state index contributed by atoms with van der Waals surface area (Å²) >= 11 is 5.83. The normalized spacial score (nSPS) is 17.3. The molecule has 1 heterocycles. The number of amides is 1. The minimum Gasteiger partial charge on any atom is -0.339 e. The van der Waals surface area contributed by atoms with Gasteiger partial charge in [0.05, 0.1) is 4.90 Å². The van der Waals surface area contributed by atoms with Gasteiger partial charge < -0.3 is 4.90 Å². The molecule has 31 heavy (non-hydrogen) atoms. The molecule has 0 saturated carbocycles. The third-order valence-corrected chi connectivity index (χ3v) is 9.14. The predicted molar refractivity (Wildman–Crippen MR) is 120 cm³/mol. The van der Waals surface area contributed by atoms with E-state index in [0.717, 1.165) is 0 Å². The molecule has 1 aromatic rings. The van der Waals surface area contributed by atoms with Gasteiger partial charge in [-0.3, -0.25) is 4.79 Å². The van der Waals surface area contributed by atoms with Crippen LogP contribution in [0.5, 0.6) is 0 Å². The lowest BCUT2D eigenvalue weighted by Crippen LogP contribution is -2.58. The molecule has 1 aliphatic rings. The van der Waals surface area contributed by atoms with E-state index < -0.39 is 26.3 Å². The zero-order chi connectivity index (χ0) is 23.4. The summed E-state index contributed by atoms with van der Waals surface area (Å²) in [6.07, 6.45) is 0. The van der Waals surface area contributed by atoms with E-state index in [1.165, 1.54) is 37.8 Å². The number of nitrogens with one attached hydrogen (secondary N) is 1. The molecule has 1 atom stereocenters. The van der Waals surface area contributed by atoms with Gasteiger partial charge in [0.15, 0.2) is 0 Å². The number of benzene rings is 1. The number of carbonyl (C=O) groups is 1. The van der Waals surface area contributed by atoms with Crippen LogP contribution in [0.15, 0.2) is 29.2 Å². The molecule has 1 aromatic carbocycles. The number of piperazine rings is 1. The molecular weight excluding hydrogens is 464 g/mol. The summed E-state index contributed by atoms with van der Waals surface area (Å²) in [5, 5.41) is 0.410. The van der Waals surface area contributed by atoms with Gasteiger partial charge in [-0.05, 0) is 30.2 Å². The maximum Gasteiger partial charge on any atom is 0.282 e. The lowest BCUT2D eigenvalue weighted by atomic mass is 10.0. The summed E-state index contributed by atoms with van der Waals surface area (Å²) in [4.78, 5) is 14.6. The molecule has 9 nitrogen and oxygen atoms in total. The summed E-state index contributed by atoms with van der Waals surface area (Å²) < 4.78 is 56.1. The average Bonchev–Trinajstić information content (AvgIpc) is 2.72. The highest BCUT2D eigenvalue weighted by molar-refractivity contribution is 7.89. The molecule has 2 rings (SSSR count). The number of hydrogen-bond donors (Lipinski definition) is 1. The van der Waals surface area contributed by atoms with Crippen LogP contribution >= 0.6 is 11.6 Å². The molecule has 1 N–H and O–H groups in total. The molecule has 0 bridgehead atoms. The van der Waals surface area contributed by atoms with Crippen LogP contribution in [0.2, 0.25) is 5.02 Å². The summed E-state index contributed by atoms with van der Waals surface area (Å²) in [6, 6.07) is 4.73. The molecule has 0 spiro atoms. The Morgan fingerprint density at radius 1 is 1.03 bits per heavy atom. The second kappa shape index (κ2) is 10.6. The van der Waals surface area contributed by atoms with Crippen molar-refractivity contribution in [3.8, 4) is 0 Å². The minimum atomic E-state index is -3.93. The largest absolute Gasteiger partial charge is 0.339 e. The van der Waals surface area contributed by atoms with E-state index in [1.54, 1.807) is 27.7 Å². The molecule has 1 saturated heterocycles. The Hall–Kier alpha value is -1.24. The van der Waals surface area contributed by atoms with Crippen LogP contribution in [0, 0.1) is 5.92 Å². The number of carbonyl (C=O) groups excluding carboxylic acids is 1. The maximum absolute atomic E-state index is 13.1. The minimum absolute atomic E-state index is 0.0190. The Morgan fingerprint density at radius 3 is 2.00 bits per heavy atom. The first-order valence-electron chi connectivity index (χ1n) is 10.3. The van der Waals surface area contributed by atoms with E-state index in [1.807, 2.05) is 0 Å². The van der Waals surface area contributed by atoms with Gasteiger partial charge in [-0.1, -0.05) is 39.3 Å². The number of rotatable bonds is 9. The summed E-state index contributed by atoms with van der Waals surface area (Å²) in [5.41, 5.74) is 0. The number of hydrogen-bond acceptors (Lipinski definition) is 5. The first-order valence-corrected chi connectivity index (χ1v) is 13.5. The molecule has 0 aromatic heterocycles. The van der Waals surface area contributed by atoms with Gasteiger partial charge in [-0.15, -0.1) is 0 Å². The molecule has 0 aliphatic carbocycles. The smallest absolute Gasteiger partial charge is 0.282 e. The van der Waals surface area contributed by atoms with Crippen molar-refractivity contribution in [3.63, 3.8) is 0 Å². The third-order valence-electron chi connectivity index (χ3n) is 5.25. The summed E-state index contributed by atoms with van der Waals surface area (Å²) in [6.45, 7) is 8.55. The lowest BCUT2D eigenvalue weighted by Gasteiger charge is -2.38. The van der Waals surface area contributed by atoms with Crippen molar-refractivity contribution in [2.24, 2.45) is 5.92 Å². The van der Waals surface area contributed by atoms with E-state index in [2.05, 4.69) is 4.72 Å². The fraction of sp³-hybridized carbons (Fsp3) is 0.632. The van der Waals surface area contributed by atoms with E-state index in [-0.39, 0.29) is 42.9 Å². The van der Waals surface area contributed by atoms with Gasteiger partial charge in [0.1, 0.15) is 6.04 Å². The SMILES string of the molecule is CCN(CC)S(=O)(=O)N1CCN(C(=O)[C@@H](NS(=O)(=O)c2ccc(Cl)cc2)C(C)C)CC1. The Balaban J connectivity index is 2.11. The molecule has 12 heteroatoms. The lowest BCUT2D eigenvalue weighted by molar-refractivity contribution is -0.135. The van der Waals surface area contributed by atoms with E-state index in [4.69, 9.17) is 11.6 Å². The van der Waals surface area contributed by atoms with Crippen molar-refractivity contribution in [2.45, 2.75) is 38.6 Å². The van der Waals surface area contributed by atoms with Crippen molar-refractivity contribution in [3.05, 3.63) is 29.3 Å². The van der Waals surface area contributed by atoms with Crippen LogP contribution in [0.4, 0.5) is 0 Å². The van der Waals surface area contributed by atoms with E-state index in [9.17, 15) is 21.6 Å². The standard InChI is InChI=1S/C19H31ClN4O5S2/c1-5-23(6-2)31(28,29)24-13-11-22(12-14-24)19(25)18(15(3)4)21-30(26,27)17-9-7-16(20)8-10-17/h7-10,15,18,21H,5-6,11-14H2,1-4H3/t18-/m0/s1. The van der Waals surface area contributed by atoms with Crippen molar-refractivity contribution < 1.29 is 21.6 Å². The van der Waals surface area contributed by atoms with Crippen LogP contribution in [0.1, 0.15) is 27.7 Å². The molecule has 1 amide bonds. The molecular formula is C19H31ClN4O5S2. The van der Waals surface area contributed by atoms with Crippen molar-refractivity contribution in [1.29, 1.82) is 0 Å². The molecule has 1 fully saturated rings. The van der Waals surface area contributed by atoms with Gasteiger partial charge >= 0.3 is 0 Å². The molecule has 1 aliphatic heterocycles. The van der Waals surface area contributed by atoms with Crippen molar-refractivity contribution >= 4 is 37.7 Å². The highest BCUT2D eigenvalue weighted by Crippen LogP contribution is 2.18. The van der Waals surface area contributed by atoms with Crippen LogP contribution < -0.4 is 4.72 Å². The first-order chi connectivity index (χ1) is 14.4. The summed E-state index contributed by atoms with van der Waals surface area (Å²) in [7, 11) is -7.50. The quantitative estimate of drug-likeness (QED) is 0.558. The molecule has 0 radical (unpaired) electrons. The van der Waals surface area contributed by atoms with E-state index >= 15 is 0 Å². The van der Waals surface area contributed by atoms with Crippen molar-refractivity contribution in [2.75, 3.05) is 39.3 Å². The third kappa shape index (κ3) is 6.17. The predicted octanol–water partition coefficient (Wildman–Crippen LogP) is 1.37. The average molecular weight is 495 g/mol. The maximum atomic E-state index is 13.1. The van der Waals surface area contributed by atoms with Gasteiger partial charge in [0, 0.05) is 44.3 Å². The Bertz CT molecular complexity index is 956. The van der Waals surface area contributed by atoms with Crippen LogP contribution in [0.25, 0.3) is 0 Å². The van der Waals surface area contributed by atoms with Gasteiger partial charge in [-0.2, -0.15) is 21.8 Å². The topological polar surface area (TPSA) is 107 Å². The van der Waals surface area contributed by atoms with Crippen molar-refractivity contribution in [1.82, 2.24) is 18.2 Å². The van der Waals surface area contributed by atoms with Crippen LogP contribution in [-0.4, -0.2) is 81.6 Å². The van der Waals surface area contributed by atoms with E-state index in [0.29, 0.717) is 18.1 Å². The summed E-state index contributed by atoms with van der Waals surface area (Å²) in [5.74, 6) is -0.667. The first kappa shape index (κ1) is 26.0. The van der Waals surface area contributed by atoms with Gasteiger partial charge in [0.2, 0.25) is 15.9 Å². The molecule has 176 valence electrons. The Morgan fingerprint density at radius 2 is 1.55 bits per heavy atom. The number of nitrogens with zero attached hydrogens (tertiary/aromatic N) is 3. The van der Waals surface area contributed by atoms with Crippen LogP contribution in [0.3, 0.4) is 0 Å². The highest BCUT2D eigenvalue weighted by Gasteiger charge is 2.36. The fourth-order valence-electron chi connectivity index (χ4n) is 3.37. The zero-order valence-corrected chi connectivity index (χ0v) is 20.7. The highest BCUT2D eigenvalue weighted by atomic mass is 35.5. The van der Waals surface area contributed by atoms with Gasteiger partial charge in [-0.25, -0.2) is 8.42 Å². The monoisotopic (exact) mass is 494 g/mol. The Kier molecular flexibility index (Phi) is 8.88. The second-order valence-electron chi connectivity index (χ2n) is 7.61.